The molecule has 3 aromatic rings. The van der Waals surface area contributed by atoms with Gasteiger partial charge in [0.25, 0.3) is 5.91 Å². The molecule has 0 bridgehead atoms. The van der Waals surface area contributed by atoms with Crippen LogP contribution in [-0.4, -0.2) is 53.6 Å². The molecule has 2 aliphatic heterocycles. The van der Waals surface area contributed by atoms with Gasteiger partial charge >= 0.3 is 0 Å². The number of rotatable bonds is 3. The van der Waals surface area contributed by atoms with Crippen molar-refractivity contribution in [3.63, 3.8) is 0 Å². The molecule has 0 radical (unpaired) electrons. The topological polar surface area (TPSA) is 58.6 Å². The molecule has 1 amide bonds. The van der Waals surface area contributed by atoms with Gasteiger partial charge in [-0.25, -0.2) is 9.97 Å². The first kappa shape index (κ1) is 21.2. The van der Waals surface area contributed by atoms with Crippen LogP contribution in [0, 0.1) is 0 Å². The largest absolute Gasteiger partial charge is 0.378 e. The van der Waals surface area contributed by atoms with E-state index in [-0.39, 0.29) is 5.91 Å². The number of morpholine rings is 1. The Kier molecular flexibility index (Phi) is 6.00. The Hall–Kier alpha value is -2.67. The zero-order valence-corrected chi connectivity index (χ0v) is 18.9. The number of fused-ring (bicyclic) bond motifs is 1. The summed E-state index contributed by atoms with van der Waals surface area (Å²) >= 11 is 12.3. The standard InChI is InChI=1S/C24H22Cl2N4O2/c25-17-6-7-18(20(26)14-17)24(31)30-9-8-21-19(15-30)23(29-10-12-32-13-11-29)28-22(27-21)16-4-2-1-3-5-16/h1-7,14H,8-13,15H2. The lowest BCUT2D eigenvalue weighted by Crippen LogP contribution is -2.41. The number of hydrogen-bond acceptors (Lipinski definition) is 5. The maximum Gasteiger partial charge on any atom is 0.255 e. The fourth-order valence-electron chi connectivity index (χ4n) is 4.16. The second-order valence-corrected chi connectivity index (χ2v) is 8.71. The highest BCUT2D eigenvalue weighted by molar-refractivity contribution is 6.36. The van der Waals surface area contributed by atoms with Crippen molar-refractivity contribution in [2.45, 2.75) is 13.0 Å². The minimum absolute atomic E-state index is 0.114. The highest BCUT2D eigenvalue weighted by Crippen LogP contribution is 2.31. The molecule has 0 N–H and O–H groups in total. The molecule has 164 valence electrons. The summed E-state index contributed by atoms with van der Waals surface area (Å²) in [6, 6.07) is 15.0. The molecule has 0 atom stereocenters. The Bertz CT molecular complexity index is 1150. The van der Waals surface area contributed by atoms with E-state index in [0.29, 0.717) is 54.2 Å². The minimum Gasteiger partial charge on any atom is -0.378 e. The summed E-state index contributed by atoms with van der Waals surface area (Å²) < 4.78 is 5.55. The molecule has 0 saturated carbocycles. The molecule has 0 unspecified atom stereocenters. The van der Waals surface area contributed by atoms with Crippen molar-refractivity contribution in [3.05, 3.63) is 75.4 Å². The summed E-state index contributed by atoms with van der Waals surface area (Å²) in [5.74, 6) is 1.49. The third-order valence-electron chi connectivity index (χ3n) is 5.83. The van der Waals surface area contributed by atoms with Gasteiger partial charge in [-0.05, 0) is 18.2 Å². The van der Waals surface area contributed by atoms with Crippen LogP contribution in [0.3, 0.4) is 0 Å². The van der Waals surface area contributed by atoms with Crippen molar-refractivity contribution in [1.82, 2.24) is 14.9 Å². The molecule has 2 aromatic carbocycles. The maximum absolute atomic E-state index is 13.2. The van der Waals surface area contributed by atoms with E-state index in [1.807, 2.05) is 35.2 Å². The van der Waals surface area contributed by atoms with Gasteiger partial charge in [0.05, 0.1) is 36.0 Å². The Balaban J connectivity index is 1.52. The van der Waals surface area contributed by atoms with E-state index in [9.17, 15) is 4.79 Å². The number of carbonyl (C=O) groups excluding carboxylic acids is 1. The molecule has 2 aliphatic rings. The molecular weight excluding hydrogens is 447 g/mol. The summed E-state index contributed by atoms with van der Waals surface area (Å²) in [5, 5.41) is 0.865. The molecule has 6 nitrogen and oxygen atoms in total. The number of hydrogen-bond donors (Lipinski definition) is 0. The second kappa shape index (κ2) is 9.06. The van der Waals surface area contributed by atoms with Crippen molar-refractivity contribution in [3.8, 4) is 11.4 Å². The van der Waals surface area contributed by atoms with E-state index in [4.69, 9.17) is 37.9 Å². The fraction of sp³-hybridized carbons (Fsp3) is 0.292. The van der Waals surface area contributed by atoms with Crippen LogP contribution in [0.15, 0.2) is 48.5 Å². The van der Waals surface area contributed by atoms with Crippen LogP contribution in [0.25, 0.3) is 11.4 Å². The predicted molar refractivity (Wildman–Crippen MR) is 125 cm³/mol. The normalized spacial score (nSPS) is 16.1. The summed E-state index contributed by atoms with van der Waals surface area (Å²) in [6.45, 7) is 3.84. The molecule has 5 rings (SSSR count). The first-order chi connectivity index (χ1) is 15.6. The first-order valence-corrected chi connectivity index (χ1v) is 11.4. The summed E-state index contributed by atoms with van der Waals surface area (Å²) in [4.78, 5) is 27.1. The van der Waals surface area contributed by atoms with Gasteiger partial charge in [-0.1, -0.05) is 53.5 Å². The second-order valence-electron chi connectivity index (χ2n) is 7.86. The number of nitrogens with zero attached hydrogens (tertiary/aromatic N) is 4. The van der Waals surface area contributed by atoms with Crippen LogP contribution in [-0.2, 0) is 17.7 Å². The number of anilines is 1. The summed E-state index contributed by atoms with van der Waals surface area (Å²) in [7, 11) is 0. The zero-order chi connectivity index (χ0) is 22.1. The van der Waals surface area contributed by atoms with Gasteiger partial charge in [0.2, 0.25) is 0 Å². The van der Waals surface area contributed by atoms with Crippen molar-refractivity contribution >= 4 is 34.9 Å². The van der Waals surface area contributed by atoms with Gasteiger partial charge in [-0.15, -0.1) is 0 Å². The van der Waals surface area contributed by atoms with Gasteiger partial charge in [-0.3, -0.25) is 4.79 Å². The maximum atomic E-state index is 13.2. The quantitative estimate of drug-likeness (QED) is 0.566. The van der Waals surface area contributed by atoms with E-state index >= 15 is 0 Å². The van der Waals surface area contributed by atoms with Crippen LogP contribution < -0.4 is 4.90 Å². The van der Waals surface area contributed by atoms with Crippen molar-refractivity contribution in [2.75, 3.05) is 37.7 Å². The summed E-state index contributed by atoms with van der Waals surface area (Å²) in [5.41, 5.74) is 3.42. The Morgan fingerprint density at radius 3 is 2.50 bits per heavy atom. The number of benzene rings is 2. The SMILES string of the molecule is O=C(c1ccc(Cl)cc1Cl)N1CCc2nc(-c3ccccc3)nc(N3CCOCC3)c2C1. The van der Waals surface area contributed by atoms with Crippen LogP contribution in [0.2, 0.25) is 10.0 Å². The minimum atomic E-state index is -0.114. The molecule has 1 saturated heterocycles. The van der Waals surface area contributed by atoms with E-state index in [1.165, 1.54) is 0 Å². The number of halogens is 2. The molecule has 0 spiro atoms. The lowest BCUT2D eigenvalue weighted by atomic mass is 10.0. The van der Waals surface area contributed by atoms with Gasteiger partial charge in [0.15, 0.2) is 5.82 Å². The van der Waals surface area contributed by atoms with Crippen LogP contribution in [0.5, 0.6) is 0 Å². The first-order valence-electron chi connectivity index (χ1n) is 10.6. The number of amides is 1. The molecule has 1 fully saturated rings. The number of aromatic nitrogens is 2. The molecule has 32 heavy (non-hydrogen) atoms. The Labute approximate surface area is 196 Å². The molecule has 3 heterocycles. The van der Waals surface area contributed by atoms with E-state index in [2.05, 4.69) is 4.90 Å². The van der Waals surface area contributed by atoms with Gasteiger partial charge in [0.1, 0.15) is 5.82 Å². The Morgan fingerprint density at radius 1 is 0.969 bits per heavy atom. The fourth-order valence-corrected chi connectivity index (χ4v) is 4.65. The molecule has 8 heteroatoms. The summed E-state index contributed by atoms with van der Waals surface area (Å²) in [6.07, 6.45) is 0.659. The smallest absolute Gasteiger partial charge is 0.255 e. The predicted octanol–water partition coefficient (Wildman–Crippen LogP) is 4.49. The van der Waals surface area contributed by atoms with Crippen LogP contribution in [0.1, 0.15) is 21.6 Å². The lowest BCUT2D eigenvalue weighted by Gasteiger charge is -2.34. The van der Waals surface area contributed by atoms with Crippen molar-refractivity contribution < 1.29 is 9.53 Å². The third kappa shape index (κ3) is 4.18. The molecule has 0 aliphatic carbocycles. The Morgan fingerprint density at radius 2 is 1.75 bits per heavy atom. The van der Waals surface area contributed by atoms with Crippen LogP contribution in [0.4, 0.5) is 5.82 Å². The van der Waals surface area contributed by atoms with E-state index in [1.54, 1.807) is 18.2 Å². The highest BCUT2D eigenvalue weighted by Gasteiger charge is 2.29. The van der Waals surface area contributed by atoms with Gasteiger partial charge in [-0.2, -0.15) is 0 Å². The zero-order valence-electron chi connectivity index (χ0n) is 17.4. The van der Waals surface area contributed by atoms with Crippen molar-refractivity contribution in [2.24, 2.45) is 0 Å². The lowest BCUT2D eigenvalue weighted by molar-refractivity contribution is 0.0733. The van der Waals surface area contributed by atoms with Crippen molar-refractivity contribution in [1.29, 1.82) is 0 Å². The molecule has 1 aromatic heterocycles. The van der Waals surface area contributed by atoms with E-state index < -0.39 is 0 Å². The monoisotopic (exact) mass is 468 g/mol. The number of ether oxygens (including phenoxy) is 1. The van der Waals surface area contributed by atoms with Gasteiger partial charge in [0, 0.05) is 42.2 Å². The van der Waals surface area contributed by atoms with E-state index in [0.717, 1.165) is 35.7 Å². The average Bonchev–Trinajstić information content (AvgIpc) is 2.84. The average molecular weight is 469 g/mol. The third-order valence-corrected chi connectivity index (χ3v) is 6.38. The van der Waals surface area contributed by atoms with Crippen LogP contribution >= 0.6 is 23.2 Å². The van der Waals surface area contributed by atoms with Gasteiger partial charge < -0.3 is 14.5 Å². The highest BCUT2D eigenvalue weighted by atomic mass is 35.5. The molecular formula is C24H22Cl2N4O2. The number of carbonyl (C=O) groups is 1.